The number of hydrogen-bond acceptors (Lipinski definition) is 6. The van der Waals surface area contributed by atoms with E-state index in [2.05, 4.69) is 15.1 Å². The molecule has 5 N–H and O–H groups in total. The Morgan fingerprint density at radius 3 is 2.64 bits per heavy atom. The molecule has 0 aliphatic carbocycles. The van der Waals surface area contributed by atoms with Gasteiger partial charge in [0, 0.05) is 52.4 Å². The number of primary amides is 1. The normalized spacial score (nSPS) is 17.2. The number of anilines is 1. The van der Waals surface area contributed by atoms with Gasteiger partial charge in [0.25, 0.3) is 5.91 Å². The molecule has 0 spiro atoms. The number of nitrogens with two attached hydrogens (primary N) is 2. The number of H-pyrrole nitrogens is 1. The molecule has 0 unspecified atom stereocenters. The molecule has 4 heterocycles. The van der Waals surface area contributed by atoms with Crippen LogP contribution in [0.4, 0.5) is 5.95 Å². The van der Waals surface area contributed by atoms with Crippen LogP contribution in [0.25, 0.3) is 33.1 Å². The summed E-state index contributed by atoms with van der Waals surface area (Å²) in [5.74, 6) is -0.313. The van der Waals surface area contributed by atoms with Crippen LogP contribution < -0.4 is 16.4 Å². The van der Waals surface area contributed by atoms with Gasteiger partial charge in [-0.3, -0.25) is 9.48 Å². The largest absolute Gasteiger partial charge is 0.364 e. The van der Waals surface area contributed by atoms with Gasteiger partial charge in [-0.15, -0.1) is 0 Å². The lowest BCUT2D eigenvalue weighted by molar-refractivity contribution is 0.0997. The summed E-state index contributed by atoms with van der Waals surface area (Å²) in [5.41, 5.74) is 15.2. The van der Waals surface area contributed by atoms with E-state index in [9.17, 15) is 4.79 Å². The van der Waals surface area contributed by atoms with Gasteiger partial charge in [0.05, 0.1) is 22.1 Å². The molecule has 6 rings (SSSR count). The van der Waals surface area contributed by atoms with E-state index in [1.54, 1.807) is 18.3 Å². The Balaban J connectivity index is 1.38. The van der Waals surface area contributed by atoms with E-state index < -0.39 is 18.4 Å². The van der Waals surface area contributed by atoms with Gasteiger partial charge >= 0.3 is 0 Å². The number of nitrogens with one attached hydrogen (secondary N) is 1. The minimum Gasteiger partial charge on any atom is -0.364 e. The number of carbonyl (C=O) groups is 1. The molecular formula is C26H25ClN8O. The minimum absolute atomic E-state index is 0.0632. The molecule has 182 valence electrons. The minimum atomic E-state index is -2.45. The van der Waals surface area contributed by atoms with E-state index in [1.807, 2.05) is 35.2 Å². The molecule has 0 bridgehead atoms. The van der Waals surface area contributed by atoms with Crippen molar-refractivity contribution in [3.63, 3.8) is 0 Å². The van der Waals surface area contributed by atoms with Crippen molar-refractivity contribution >= 4 is 45.4 Å². The smallest absolute Gasteiger partial charge is 0.268 e. The number of aryl methyl sites for hydroxylation is 1. The molecule has 2 aromatic carbocycles. The van der Waals surface area contributed by atoms with Crippen molar-refractivity contribution in [2.24, 2.45) is 18.4 Å². The van der Waals surface area contributed by atoms with Crippen molar-refractivity contribution in [2.75, 3.05) is 18.0 Å². The summed E-state index contributed by atoms with van der Waals surface area (Å²) in [6, 6.07) is 13.3. The van der Waals surface area contributed by atoms with Crippen molar-refractivity contribution < 1.29 is 8.91 Å². The molecule has 1 aliphatic heterocycles. The number of aromatic nitrogens is 5. The number of rotatable bonds is 4. The first-order chi connectivity index (χ1) is 18.6. The highest BCUT2D eigenvalue weighted by Gasteiger charge is 2.33. The molecule has 0 saturated carbocycles. The third-order valence-corrected chi connectivity index (χ3v) is 7.43. The van der Waals surface area contributed by atoms with Gasteiger partial charge in [0.1, 0.15) is 11.3 Å². The number of piperidine rings is 1. The lowest BCUT2D eigenvalue weighted by Crippen LogP contribution is -2.48. The molecule has 3 aromatic heterocycles. The third kappa shape index (κ3) is 3.51. The maximum atomic E-state index is 12.6. The number of carbonyl (C=O) groups excluding carboxylic acids is 1. The Hall–Kier alpha value is -3.95. The zero-order valence-electron chi connectivity index (χ0n) is 22.2. The topological polar surface area (TPSA) is 132 Å². The number of hydrogen-bond donors (Lipinski definition) is 3. The van der Waals surface area contributed by atoms with Crippen molar-refractivity contribution in [1.29, 1.82) is 0 Å². The summed E-state index contributed by atoms with van der Waals surface area (Å²) in [4.78, 5) is 27.0. The highest BCUT2D eigenvalue weighted by atomic mass is 35.5. The van der Waals surface area contributed by atoms with Crippen molar-refractivity contribution in [3.8, 4) is 11.1 Å². The second-order valence-corrected chi connectivity index (χ2v) is 9.47. The van der Waals surface area contributed by atoms with Crippen LogP contribution in [-0.4, -0.2) is 43.7 Å². The van der Waals surface area contributed by atoms with Gasteiger partial charge in [-0.05, 0) is 24.5 Å². The van der Waals surface area contributed by atoms with Crippen LogP contribution in [0.5, 0.6) is 0 Å². The van der Waals surface area contributed by atoms with E-state index in [0.717, 1.165) is 10.2 Å². The molecule has 1 saturated heterocycles. The Kier molecular flexibility index (Phi) is 4.45. The van der Waals surface area contributed by atoms with Gasteiger partial charge in [-0.1, -0.05) is 48.0 Å². The zero-order chi connectivity index (χ0) is 27.5. The molecule has 1 fully saturated rings. The highest BCUT2D eigenvalue weighted by Crippen LogP contribution is 2.39. The molecule has 0 radical (unpaired) electrons. The maximum Gasteiger partial charge on any atom is 0.268 e. The van der Waals surface area contributed by atoms with Gasteiger partial charge in [0.2, 0.25) is 5.95 Å². The van der Waals surface area contributed by atoms with Crippen LogP contribution in [0.1, 0.15) is 33.0 Å². The molecule has 0 atom stereocenters. The van der Waals surface area contributed by atoms with E-state index in [1.165, 1.54) is 6.20 Å². The molecule has 5 aromatic rings. The first kappa shape index (κ1) is 19.3. The van der Waals surface area contributed by atoms with E-state index >= 15 is 0 Å². The quantitative estimate of drug-likeness (QED) is 0.342. The molecule has 10 heteroatoms. The predicted octanol–water partition coefficient (Wildman–Crippen LogP) is 3.72. The second-order valence-electron chi connectivity index (χ2n) is 9.09. The van der Waals surface area contributed by atoms with Gasteiger partial charge in [-0.2, -0.15) is 10.1 Å². The Morgan fingerprint density at radius 2 is 1.92 bits per heavy atom. The maximum absolute atomic E-state index is 12.6. The van der Waals surface area contributed by atoms with Crippen LogP contribution in [0, 0.1) is 0 Å². The predicted molar refractivity (Wildman–Crippen MR) is 141 cm³/mol. The van der Waals surface area contributed by atoms with Crippen LogP contribution >= 0.6 is 11.6 Å². The fourth-order valence-corrected chi connectivity index (χ4v) is 5.30. The number of halogens is 1. The van der Waals surface area contributed by atoms with Gasteiger partial charge in [-0.25, -0.2) is 4.98 Å². The summed E-state index contributed by atoms with van der Waals surface area (Å²) >= 11 is 6.73. The summed E-state index contributed by atoms with van der Waals surface area (Å²) in [5, 5.41) is 5.19. The number of nitrogens with zero attached hydrogens (tertiary/aromatic N) is 5. The van der Waals surface area contributed by atoms with Crippen LogP contribution in [-0.2, 0) is 12.5 Å². The number of aromatic amines is 1. The van der Waals surface area contributed by atoms with Crippen molar-refractivity contribution in [1.82, 2.24) is 24.7 Å². The van der Waals surface area contributed by atoms with Gasteiger partial charge in [0.15, 0.2) is 0 Å². The molecule has 1 aliphatic rings. The summed E-state index contributed by atoms with van der Waals surface area (Å²) in [6.07, 6.45) is 4.49. The average Bonchev–Trinajstić information content (AvgIpc) is 3.54. The molecule has 9 nitrogen and oxygen atoms in total. The lowest BCUT2D eigenvalue weighted by atomic mass is 9.82. The van der Waals surface area contributed by atoms with Crippen molar-refractivity contribution in [3.05, 3.63) is 71.1 Å². The number of benzene rings is 2. The Labute approximate surface area is 216 Å². The first-order valence-corrected chi connectivity index (χ1v) is 11.9. The zero-order valence-corrected chi connectivity index (χ0v) is 20.0. The first-order valence-electron chi connectivity index (χ1n) is 13.0. The summed E-state index contributed by atoms with van der Waals surface area (Å²) in [7, 11) is 0. The molecule has 36 heavy (non-hydrogen) atoms. The monoisotopic (exact) mass is 503 g/mol. The molecular weight excluding hydrogens is 476 g/mol. The van der Waals surface area contributed by atoms with Crippen LogP contribution in [0.3, 0.4) is 0 Å². The Morgan fingerprint density at radius 1 is 1.14 bits per heavy atom. The molecule has 1 amide bonds. The number of amides is 1. The van der Waals surface area contributed by atoms with E-state index in [4.69, 9.17) is 32.2 Å². The van der Waals surface area contributed by atoms with Crippen LogP contribution in [0.2, 0.25) is 5.02 Å². The fourth-order valence-electron chi connectivity index (χ4n) is 4.99. The number of fused-ring (bicyclic) bond motifs is 2. The van der Waals surface area contributed by atoms with E-state index in [-0.39, 0.29) is 5.69 Å². The summed E-state index contributed by atoms with van der Waals surface area (Å²) in [6.45, 7) is -1.23. The van der Waals surface area contributed by atoms with Gasteiger partial charge < -0.3 is 21.4 Å². The third-order valence-electron chi connectivity index (χ3n) is 7.02. The lowest BCUT2D eigenvalue weighted by Gasteiger charge is -2.39. The van der Waals surface area contributed by atoms with Crippen molar-refractivity contribution in [2.45, 2.75) is 18.4 Å². The second kappa shape index (κ2) is 8.32. The van der Waals surface area contributed by atoms with E-state index in [0.29, 0.717) is 70.0 Å². The van der Waals surface area contributed by atoms with Crippen LogP contribution in [0.15, 0.2) is 54.9 Å². The summed E-state index contributed by atoms with van der Waals surface area (Å²) < 4.78 is 24.0. The standard InChI is InChI=1S/C26H25ClN8O/c1-34-19-8-7-16(21(27)18(19)14-31-34)17-13-30-24-20(17)22(23(28)36)32-25(33-24)35-11-9-26(29,10-12-35)15-5-3-2-4-6-15/h2-8,13-14H,9-12,29H2,1H3,(H2,28,36)(H,30,32,33)/i1D3. The highest BCUT2D eigenvalue weighted by molar-refractivity contribution is 6.38. The average molecular weight is 504 g/mol. The fraction of sp³-hybridized carbons (Fsp3) is 0.231. The SMILES string of the molecule is [2H]C([2H])([2H])n1ncc2c(Cl)c(-c3c[nH]c4nc(N5CCC(N)(c6ccccc6)CC5)nc(C(N)=O)c34)ccc21. The Bertz CT molecular complexity index is 1720.